The molecule has 3 nitrogen and oxygen atoms in total. The molecule has 20 heavy (non-hydrogen) atoms. The number of hydrogen-bond acceptors (Lipinski definition) is 4. The molecule has 3 rings (SSSR count). The maximum Gasteiger partial charge on any atom is 0.0590 e. The van der Waals surface area contributed by atoms with Gasteiger partial charge in [-0.15, -0.1) is 0 Å². The second-order valence-corrected chi connectivity index (χ2v) is 7.05. The van der Waals surface area contributed by atoms with Crippen LogP contribution in [0.25, 0.3) is 0 Å². The van der Waals surface area contributed by atoms with Gasteiger partial charge in [-0.05, 0) is 54.5 Å². The Kier molecular flexibility index (Phi) is 4.46. The summed E-state index contributed by atoms with van der Waals surface area (Å²) in [5, 5.41) is 4.45. The highest BCUT2D eigenvalue weighted by molar-refractivity contribution is 7.07. The number of nitrogens with two attached hydrogens (primary N) is 1. The summed E-state index contributed by atoms with van der Waals surface area (Å²) in [6, 6.07) is 3.00. The van der Waals surface area contributed by atoms with E-state index in [0.717, 1.165) is 45.0 Å². The van der Waals surface area contributed by atoms with Crippen molar-refractivity contribution in [3.8, 4) is 0 Å². The Morgan fingerprint density at radius 2 is 2.35 bits per heavy atom. The fraction of sp³-hybridized carbons (Fsp3) is 0.750. The normalized spacial score (nSPS) is 30.9. The van der Waals surface area contributed by atoms with Crippen LogP contribution >= 0.6 is 11.3 Å². The first-order valence-corrected chi connectivity index (χ1v) is 8.81. The Bertz CT molecular complexity index is 418. The third-order valence-corrected chi connectivity index (χ3v) is 5.63. The van der Waals surface area contributed by atoms with Crippen molar-refractivity contribution >= 4 is 11.3 Å². The Balaban J connectivity index is 1.79. The van der Waals surface area contributed by atoms with E-state index < -0.39 is 0 Å². The minimum absolute atomic E-state index is 0.155. The summed E-state index contributed by atoms with van der Waals surface area (Å²) >= 11 is 1.79. The van der Waals surface area contributed by atoms with Gasteiger partial charge in [-0.2, -0.15) is 11.3 Å². The summed E-state index contributed by atoms with van der Waals surface area (Å²) in [7, 11) is 0. The molecule has 2 N–H and O–H groups in total. The second-order valence-electron chi connectivity index (χ2n) is 6.27. The molecule has 1 saturated heterocycles. The van der Waals surface area contributed by atoms with Crippen molar-refractivity contribution in [2.75, 3.05) is 13.2 Å². The standard InChI is InChI=1S/C16H26N2OS/c1-2-15-9-16(12-17,6-7-19-15)18(14-3-4-14)10-13-5-8-20-11-13/h5,8,11,14-15H,2-4,6-7,9-10,12,17H2,1H3. The van der Waals surface area contributed by atoms with E-state index in [1.165, 1.54) is 18.4 Å². The summed E-state index contributed by atoms with van der Waals surface area (Å²) in [5.74, 6) is 0. The quantitative estimate of drug-likeness (QED) is 0.876. The molecule has 4 heteroatoms. The molecule has 2 unspecified atom stereocenters. The van der Waals surface area contributed by atoms with Gasteiger partial charge < -0.3 is 10.5 Å². The lowest BCUT2D eigenvalue weighted by molar-refractivity contribution is -0.0778. The van der Waals surface area contributed by atoms with Crippen molar-refractivity contribution < 1.29 is 4.74 Å². The van der Waals surface area contributed by atoms with Gasteiger partial charge in [0, 0.05) is 31.3 Å². The summed E-state index contributed by atoms with van der Waals surface area (Å²) < 4.78 is 5.89. The van der Waals surface area contributed by atoms with Crippen LogP contribution < -0.4 is 5.73 Å². The number of hydrogen-bond donors (Lipinski definition) is 1. The molecule has 0 amide bonds. The average molecular weight is 294 g/mol. The molecule has 0 spiro atoms. The summed E-state index contributed by atoms with van der Waals surface area (Å²) in [6.45, 7) is 4.90. The van der Waals surface area contributed by atoms with Crippen LogP contribution in [0.5, 0.6) is 0 Å². The van der Waals surface area contributed by atoms with Crippen LogP contribution in [0.3, 0.4) is 0 Å². The van der Waals surface area contributed by atoms with Gasteiger partial charge in [0.15, 0.2) is 0 Å². The van der Waals surface area contributed by atoms with Crippen molar-refractivity contribution in [2.24, 2.45) is 5.73 Å². The van der Waals surface area contributed by atoms with E-state index in [1.807, 2.05) is 0 Å². The van der Waals surface area contributed by atoms with Gasteiger partial charge in [0.25, 0.3) is 0 Å². The zero-order valence-electron chi connectivity index (χ0n) is 12.4. The van der Waals surface area contributed by atoms with Gasteiger partial charge in [-0.3, -0.25) is 4.90 Å². The number of ether oxygens (including phenoxy) is 1. The maximum absolute atomic E-state index is 6.26. The van der Waals surface area contributed by atoms with Gasteiger partial charge in [-0.25, -0.2) is 0 Å². The highest BCUT2D eigenvalue weighted by Gasteiger charge is 2.46. The van der Waals surface area contributed by atoms with Crippen molar-refractivity contribution in [2.45, 2.75) is 63.3 Å². The monoisotopic (exact) mass is 294 g/mol. The smallest absolute Gasteiger partial charge is 0.0590 e. The van der Waals surface area contributed by atoms with Crippen LogP contribution in [0, 0.1) is 0 Å². The Morgan fingerprint density at radius 1 is 1.50 bits per heavy atom. The van der Waals surface area contributed by atoms with Crippen LogP contribution in [0.15, 0.2) is 16.8 Å². The molecular weight excluding hydrogens is 268 g/mol. The van der Waals surface area contributed by atoms with Gasteiger partial charge in [0.2, 0.25) is 0 Å². The first-order valence-electron chi connectivity index (χ1n) is 7.87. The topological polar surface area (TPSA) is 38.5 Å². The van der Waals surface area contributed by atoms with Crippen molar-refractivity contribution in [3.05, 3.63) is 22.4 Å². The third kappa shape index (κ3) is 2.93. The van der Waals surface area contributed by atoms with E-state index in [1.54, 1.807) is 11.3 Å². The molecule has 2 fully saturated rings. The summed E-state index contributed by atoms with van der Waals surface area (Å²) in [6.07, 6.45) is 6.34. The number of nitrogens with zero attached hydrogens (tertiary/aromatic N) is 1. The van der Waals surface area contributed by atoms with Crippen LogP contribution in [0.2, 0.25) is 0 Å². The molecule has 1 aromatic rings. The van der Waals surface area contributed by atoms with Crippen LogP contribution in [-0.2, 0) is 11.3 Å². The molecule has 1 aliphatic heterocycles. The molecule has 2 aliphatic rings. The molecule has 0 aromatic carbocycles. The van der Waals surface area contributed by atoms with E-state index in [4.69, 9.17) is 10.5 Å². The van der Waals surface area contributed by atoms with Crippen molar-refractivity contribution in [3.63, 3.8) is 0 Å². The zero-order valence-corrected chi connectivity index (χ0v) is 13.2. The summed E-state index contributed by atoms with van der Waals surface area (Å²) in [4.78, 5) is 2.71. The predicted octanol–water partition coefficient (Wildman–Crippen LogP) is 3.00. The molecule has 0 bridgehead atoms. The Hall–Kier alpha value is -0.420. The van der Waals surface area contributed by atoms with Gasteiger partial charge in [-0.1, -0.05) is 6.92 Å². The van der Waals surface area contributed by atoms with Gasteiger partial charge >= 0.3 is 0 Å². The first kappa shape index (κ1) is 14.5. The van der Waals surface area contributed by atoms with Crippen LogP contribution in [0.4, 0.5) is 0 Å². The fourth-order valence-corrected chi connectivity index (χ4v) is 4.14. The molecule has 0 radical (unpaired) electrons. The molecule has 2 heterocycles. The highest BCUT2D eigenvalue weighted by Crippen LogP contribution is 2.40. The van der Waals surface area contributed by atoms with Crippen molar-refractivity contribution in [1.82, 2.24) is 4.90 Å². The average Bonchev–Trinajstić information content (AvgIpc) is 3.20. The largest absolute Gasteiger partial charge is 0.378 e. The van der Waals surface area contributed by atoms with E-state index in [0.29, 0.717) is 6.10 Å². The molecule has 1 saturated carbocycles. The van der Waals surface area contributed by atoms with Gasteiger partial charge in [0.05, 0.1) is 6.10 Å². The Labute approximate surface area is 126 Å². The maximum atomic E-state index is 6.26. The van der Waals surface area contributed by atoms with Crippen LogP contribution in [-0.4, -0.2) is 35.7 Å². The molecule has 2 atom stereocenters. The van der Waals surface area contributed by atoms with Crippen LogP contribution in [0.1, 0.15) is 44.6 Å². The first-order chi connectivity index (χ1) is 9.77. The van der Waals surface area contributed by atoms with E-state index in [2.05, 4.69) is 28.7 Å². The highest BCUT2D eigenvalue weighted by atomic mass is 32.1. The second kappa shape index (κ2) is 6.14. The lowest BCUT2D eigenvalue weighted by Crippen LogP contribution is -2.58. The van der Waals surface area contributed by atoms with E-state index >= 15 is 0 Å². The van der Waals surface area contributed by atoms with Crippen molar-refractivity contribution in [1.29, 1.82) is 0 Å². The third-order valence-electron chi connectivity index (χ3n) is 4.89. The van der Waals surface area contributed by atoms with Gasteiger partial charge in [0.1, 0.15) is 0 Å². The van der Waals surface area contributed by atoms with E-state index in [-0.39, 0.29) is 5.54 Å². The molecule has 1 aromatic heterocycles. The molecule has 1 aliphatic carbocycles. The number of rotatable bonds is 6. The lowest BCUT2D eigenvalue weighted by atomic mass is 9.83. The molecular formula is C16H26N2OS. The lowest BCUT2D eigenvalue weighted by Gasteiger charge is -2.48. The fourth-order valence-electron chi connectivity index (χ4n) is 3.48. The minimum Gasteiger partial charge on any atom is -0.378 e. The number of thiophene rings is 1. The summed E-state index contributed by atoms with van der Waals surface area (Å²) in [5.41, 5.74) is 7.85. The zero-order chi connectivity index (χ0) is 14.0. The minimum atomic E-state index is 0.155. The van der Waals surface area contributed by atoms with E-state index in [9.17, 15) is 0 Å². The SMILES string of the molecule is CCC1CC(CN)(N(Cc2ccsc2)C2CC2)CCO1. The Morgan fingerprint density at radius 3 is 2.95 bits per heavy atom. The molecule has 112 valence electrons. The predicted molar refractivity (Wildman–Crippen MR) is 83.9 cm³/mol.